The molecule has 0 unspecified atom stereocenters. The first kappa shape index (κ1) is 21.4. The van der Waals surface area contributed by atoms with Gasteiger partial charge in [-0.3, -0.25) is 14.9 Å². The van der Waals surface area contributed by atoms with Gasteiger partial charge in [0.2, 0.25) is 0 Å². The number of hydrogen-bond donors (Lipinski definition) is 1. The van der Waals surface area contributed by atoms with E-state index in [2.05, 4.69) is 10.1 Å². The summed E-state index contributed by atoms with van der Waals surface area (Å²) in [7, 11) is 0. The quantitative estimate of drug-likeness (QED) is 0.564. The molecule has 1 N–H and O–H groups in total. The lowest BCUT2D eigenvalue weighted by molar-refractivity contribution is -0.384. The Labute approximate surface area is 169 Å². The van der Waals surface area contributed by atoms with Crippen molar-refractivity contribution in [1.82, 2.24) is 5.32 Å². The Kier molecular flexibility index (Phi) is 6.40. The molecule has 0 atom stereocenters. The zero-order valence-corrected chi connectivity index (χ0v) is 15.6. The highest BCUT2D eigenvalue weighted by molar-refractivity contribution is 6.00. The summed E-state index contributed by atoms with van der Waals surface area (Å²) in [4.78, 5) is 25.2. The summed E-state index contributed by atoms with van der Waals surface area (Å²) < 4.78 is 45.8. The Morgan fingerprint density at radius 3 is 2.43 bits per heavy atom. The lowest BCUT2D eigenvalue weighted by atomic mass is 10.1. The molecular formula is C19H18F3N3O5. The van der Waals surface area contributed by atoms with Gasteiger partial charge >= 0.3 is 6.36 Å². The van der Waals surface area contributed by atoms with Crippen molar-refractivity contribution in [1.29, 1.82) is 0 Å². The van der Waals surface area contributed by atoms with Gasteiger partial charge in [-0.2, -0.15) is 0 Å². The number of nitro benzene ring substituents is 1. The molecular weight excluding hydrogens is 407 g/mol. The molecule has 0 aliphatic carbocycles. The van der Waals surface area contributed by atoms with Crippen LogP contribution in [0.1, 0.15) is 15.9 Å². The van der Waals surface area contributed by atoms with Gasteiger partial charge in [-0.15, -0.1) is 13.2 Å². The zero-order chi connectivity index (χ0) is 21.7. The van der Waals surface area contributed by atoms with E-state index >= 15 is 0 Å². The molecule has 11 heteroatoms. The lowest BCUT2D eigenvalue weighted by Gasteiger charge is -2.30. The van der Waals surface area contributed by atoms with Gasteiger partial charge in [0.25, 0.3) is 11.6 Å². The predicted molar refractivity (Wildman–Crippen MR) is 100 cm³/mol. The Morgan fingerprint density at radius 1 is 1.17 bits per heavy atom. The second-order valence-electron chi connectivity index (χ2n) is 6.43. The molecule has 2 aromatic rings. The summed E-state index contributed by atoms with van der Waals surface area (Å²) in [6.07, 6.45) is -4.78. The van der Waals surface area contributed by atoms with Crippen molar-refractivity contribution in [3.63, 3.8) is 0 Å². The number of non-ortho nitro benzene ring substituents is 1. The molecule has 1 aliphatic rings. The van der Waals surface area contributed by atoms with Crippen LogP contribution in [0.25, 0.3) is 0 Å². The number of nitrogens with zero attached hydrogens (tertiary/aromatic N) is 2. The van der Waals surface area contributed by atoms with Crippen LogP contribution in [0.5, 0.6) is 5.75 Å². The molecule has 0 saturated carbocycles. The van der Waals surface area contributed by atoms with Crippen LogP contribution in [0, 0.1) is 10.1 Å². The van der Waals surface area contributed by atoms with Crippen molar-refractivity contribution in [2.45, 2.75) is 12.9 Å². The van der Waals surface area contributed by atoms with Crippen molar-refractivity contribution >= 4 is 17.3 Å². The number of halogens is 3. The number of hydrogen-bond acceptors (Lipinski definition) is 6. The van der Waals surface area contributed by atoms with E-state index in [1.807, 2.05) is 4.90 Å². The molecule has 3 rings (SSSR count). The van der Waals surface area contributed by atoms with Crippen LogP contribution >= 0.6 is 0 Å². The van der Waals surface area contributed by atoms with Gasteiger partial charge in [0.1, 0.15) is 5.75 Å². The monoisotopic (exact) mass is 425 g/mol. The fourth-order valence-electron chi connectivity index (χ4n) is 2.99. The minimum Gasteiger partial charge on any atom is -0.406 e. The summed E-state index contributed by atoms with van der Waals surface area (Å²) in [6, 6.07) is 9.13. The van der Waals surface area contributed by atoms with Crippen LogP contribution in [0.4, 0.5) is 24.5 Å². The Bertz CT molecular complexity index is 913. The number of morpholine rings is 1. The van der Waals surface area contributed by atoms with E-state index in [0.717, 1.165) is 12.1 Å². The average molecular weight is 425 g/mol. The third kappa shape index (κ3) is 5.60. The Morgan fingerprint density at radius 2 is 1.83 bits per heavy atom. The molecule has 0 radical (unpaired) electrons. The number of amides is 1. The normalized spacial score (nSPS) is 14.3. The molecule has 8 nitrogen and oxygen atoms in total. The summed E-state index contributed by atoms with van der Waals surface area (Å²) in [5.74, 6) is -0.901. The van der Waals surface area contributed by atoms with E-state index in [0.29, 0.717) is 37.6 Å². The van der Waals surface area contributed by atoms with Crippen LogP contribution in [0.3, 0.4) is 0 Å². The highest BCUT2D eigenvalue weighted by Gasteiger charge is 2.31. The fraction of sp³-hybridized carbons (Fsp3) is 0.316. The minimum atomic E-state index is -4.78. The van der Waals surface area contributed by atoms with Gasteiger partial charge < -0.3 is 19.7 Å². The molecule has 1 fully saturated rings. The SMILES string of the molecule is O=C(NCc1ccc(OC(F)(F)F)cc1)c1cc([N+](=O)[O-])ccc1N1CCOCC1. The highest BCUT2D eigenvalue weighted by atomic mass is 19.4. The molecule has 1 saturated heterocycles. The van der Waals surface area contributed by atoms with Gasteiger partial charge in [-0.1, -0.05) is 12.1 Å². The summed E-state index contributed by atoms with van der Waals surface area (Å²) in [5, 5.41) is 13.8. The predicted octanol–water partition coefficient (Wildman–Crippen LogP) is 3.26. The number of carbonyl (C=O) groups is 1. The maximum Gasteiger partial charge on any atom is 0.573 e. The molecule has 2 aromatic carbocycles. The molecule has 1 amide bonds. The third-order valence-corrected chi connectivity index (χ3v) is 4.40. The number of benzene rings is 2. The highest BCUT2D eigenvalue weighted by Crippen LogP contribution is 2.27. The van der Waals surface area contributed by atoms with Gasteiger partial charge in [0, 0.05) is 31.8 Å². The second-order valence-corrected chi connectivity index (χ2v) is 6.43. The van der Waals surface area contributed by atoms with Crippen molar-refractivity contribution in [2.75, 3.05) is 31.2 Å². The molecule has 0 aromatic heterocycles. The van der Waals surface area contributed by atoms with E-state index in [1.165, 1.54) is 30.3 Å². The van der Waals surface area contributed by atoms with Crippen LogP contribution in [-0.2, 0) is 11.3 Å². The van der Waals surface area contributed by atoms with E-state index in [-0.39, 0.29) is 23.5 Å². The number of carbonyl (C=O) groups excluding carboxylic acids is 1. The molecule has 30 heavy (non-hydrogen) atoms. The van der Waals surface area contributed by atoms with Crippen LogP contribution in [-0.4, -0.2) is 43.5 Å². The number of ether oxygens (including phenoxy) is 2. The number of rotatable bonds is 6. The molecule has 0 spiro atoms. The van der Waals surface area contributed by atoms with E-state index in [9.17, 15) is 28.1 Å². The standard InChI is InChI=1S/C19H18F3N3O5/c20-19(21,22)30-15-4-1-13(2-5-15)12-23-18(26)16-11-14(25(27)28)3-6-17(16)24-7-9-29-10-8-24/h1-6,11H,7-10,12H2,(H,23,26). The molecule has 0 bridgehead atoms. The fourth-order valence-corrected chi connectivity index (χ4v) is 2.99. The average Bonchev–Trinajstić information content (AvgIpc) is 2.72. The van der Waals surface area contributed by atoms with Crippen LogP contribution in [0.2, 0.25) is 0 Å². The molecule has 160 valence electrons. The van der Waals surface area contributed by atoms with Gasteiger partial charge in [0.15, 0.2) is 0 Å². The van der Waals surface area contributed by atoms with Crippen LogP contribution in [0.15, 0.2) is 42.5 Å². The first-order valence-corrected chi connectivity index (χ1v) is 8.97. The summed E-state index contributed by atoms with van der Waals surface area (Å²) in [5.41, 5.74) is 1.01. The van der Waals surface area contributed by atoms with Crippen molar-refractivity contribution in [3.05, 3.63) is 63.7 Å². The molecule has 1 heterocycles. The van der Waals surface area contributed by atoms with E-state index in [1.54, 1.807) is 0 Å². The van der Waals surface area contributed by atoms with E-state index in [4.69, 9.17) is 4.74 Å². The van der Waals surface area contributed by atoms with Crippen molar-refractivity contribution < 1.29 is 32.4 Å². The number of nitro groups is 1. The largest absolute Gasteiger partial charge is 0.573 e. The van der Waals surface area contributed by atoms with Gasteiger partial charge in [-0.25, -0.2) is 0 Å². The smallest absolute Gasteiger partial charge is 0.406 e. The minimum absolute atomic E-state index is 0.0242. The maximum atomic E-state index is 12.7. The zero-order valence-electron chi connectivity index (χ0n) is 15.6. The maximum absolute atomic E-state index is 12.7. The van der Waals surface area contributed by atoms with E-state index < -0.39 is 17.2 Å². The Hall–Kier alpha value is -3.34. The van der Waals surface area contributed by atoms with Gasteiger partial charge in [0.05, 0.1) is 29.4 Å². The number of alkyl halides is 3. The third-order valence-electron chi connectivity index (χ3n) is 4.40. The number of nitrogens with one attached hydrogen (secondary N) is 1. The summed E-state index contributed by atoms with van der Waals surface area (Å²) in [6.45, 7) is 2.06. The Balaban J connectivity index is 1.73. The molecule has 1 aliphatic heterocycles. The van der Waals surface area contributed by atoms with Crippen LogP contribution < -0.4 is 15.0 Å². The lowest BCUT2D eigenvalue weighted by Crippen LogP contribution is -2.38. The number of anilines is 1. The van der Waals surface area contributed by atoms with Gasteiger partial charge in [-0.05, 0) is 23.8 Å². The van der Waals surface area contributed by atoms with Crippen molar-refractivity contribution in [2.24, 2.45) is 0 Å². The second kappa shape index (κ2) is 8.99. The first-order chi connectivity index (χ1) is 14.2. The first-order valence-electron chi connectivity index (χ1n) is 8.97. The topological polar surface area (TPSA) is 93.9 Å². The van der Waals surface area contributed by atoms with Crippen molar-refractivity contribution in [3.8, 4) is 5.75 Å². The summed E-state index contributed by atoms with van der Waals surface area (Å²) >= 11 is 0.